The Kier molecular flexibility index (Phi) is 2.43. The standard InChI is InChI=1S/C11H17NS/c1-11(2)6-9(7-11)12-8-10-4-3-5-13-10/h3-5,9,12H,6-8H2,1-2H3. The Labute approximate surface area is 84.2 Å². The lowest BCUT2D eigenvalue weighted by Gasteiger charge is -2.43. The van der Waals surface area contributed by atoms with Crippen molar-refractivity contribution in [2.75, 3.05) is 0 Å². The molecule has 0 radical (unpaired) electrons. The second kappa shape index (κ2) is 3.43. The molecule has 0 unspecified atom stereocenters. The average Bonchev–Trinajstić information content (AvgIpc) is 2.48. The Morgan fingerprint density at radius 1 is 1.54 bits per heavy atom. The average molecular weight is 195 g/mol. The molecule has 1 fully saturated rings. The van der Waals surface area contributed by atoms with Gasteiger partial charge in [0, 0.05) is 17.5 Å². The van der Waals surface area contributed by atoms with Crippen molar-refractivity contribution < 1.29 is 0 Å². The number of hydrogen-bond acceptors (Lipinski definition) is 2. The Hall–Kier alpha value is -0.340. The Morgan fingerprint density at radius 2 is 2.31 bits per heavy atom. The largest absolute Gasteiger partial charge is 0.309 e. The van der Waals surface area contributed by atoms with Crippen molar-refractivity contribution >= 4 is 11.3 Å². The minimum atomic E-state index is 0.590. The summed E-state index contributed by atoms with van der Waals surface area (Å²) in [6.07, 6.45) is 2.66. The van der Waals surface area contributed by atoms with Crippen LogP contribution in [0.15, 0.2) is 17.5 Å². The predicted octanol–water partition coefficient (Wildman–Crippen LogP) is 3.03. The lowest BCUT2D eigenvalue weighted by molar-refractivity contribution is 0.125. The molecule has 0 spiro atoms. The van der Waals surface area contributed by atoms with Crippen LogP contribution in [0.2, 0.25) is 0 Å². The highest BCUT2D eigenvalue weighted by atomic mass is 32.1. The van der Waals surface area contributed by atoms with Gasteiger partial charge in [0.1, 0.15) is 0 Å². The maximum Gasteiger partial charge on any atom is 0.0302 e. The van der Waals surface area contributed by atoms with E-state index in [9.17, 15) is 0 Å². The quantitative estimate of drug-likeness (QED) is 0.781. The van der Waals surface area contributed by atoms with E-state index in [1.54, 1.807) is 0 Å². The summed E-state index contributed by atoms with van der Waals surface area (Å²) in [6, 6.07) is 5.07. The summed E-state index contributed by atoms with van der Waals surface area (Å²) in [5.41, 5.74) is 0.590. The van der Waals surface area contributed by atoms with Crippen LogP contribution >= 0.6 is 11.3 Å². The van der Waals surface area contributed by atoms with E-state index in [1.807, 2.05) is 11.3 Å². The SMILES string of the molecule is CC1(C)CC(NCc2cccs2)C1. The molecule has 1 heterocycles. The highest BCUT2D eigenvalue weighted by Crippen LogP contribution is 2.39. The van der Waals surface area contributed by atoms with Crippen molar-refractivity contribution in [3.8, 4) is 0 Å². The fraction of sp³-hybridized carbons (Fsp3) is 0.636. The molecule has 1 saturated carbocycles. The fourth-order valence-corrected chi connectivity index (χ4v) is 2.73. The van der Waals surface area contributed by atoms with Crippen LogP contribution in [0.4, 0.5) is 0 Å². The number of nitrogens with one attached hydrogen (secondary N) is 1. The van der Waals surface area contributed by atoms with Gasteiger partial charge in [-0.3, -0.25) is 0 Å². The molecule has 1 N–H and O–H groups in total. The summed E-state index contributed by atoms with van der Waals surface area (Å²) < 4.78 is 0. The van der Waals surface area contributed by atoms with Gasteiger partial charge in [-0.15, -0.1) is 11.3 Å². The smallest absolute Gasteiger partial charge is 0.0302 e. The van der Waals surface area contributed by atoms with Crippen LogP contribution in [0, 0.1) is 5.41 Å². The van der Waals surface area contributed by atoms with Crippen molar-refractivity contribution in [1.82, 2.24) is 5.32 Å². The van der Waals surface area contributed by atoms with Gasteiger partial charge in [0.15, 0.2) is 0 Å². The molecule has 0 atom stereocenters. The van der Waals surface area contributed by atoms with E-state index >= 15 is 0 Å². The minimum absolute atomic E-state index is 0.590. The Morgan fingerprint density at radius 3 is 2.85 bits per heavy atom. The first-order valence-corrected chi connectivity index (χ1v) is 5.79. The van der Waals surface area contributed by atoms with Gasteiger partial charge >= 0.3 is 0 Å². The van der Waals surface area contributed by atoms with Crippen LogP contribution in [-0.4, -0.2) is 6.04 Å². The number of thiophene rings is 1. The van der Waals surface area contributed by atoms with Gasteiger partial charge < -0.3 is 5.32 Å². The summed E-state index contributed by atoms with van der Waals surface area (Å²) in [7, 11) is 0. The van der Waals surface area contributed by atoms with Crippen LogP contribution < -0.4 is 5.32 Å². The van der Waals surface area contributed by atoms with Crippen LogP contribution in [0.25, 0.3) is 0 Å². The monoisotopic (exact) mass is 195 g/mol. The first-order chi connectivity index (χ1) is 6.16. The van der Waals surface area contributed by atoms with Crippen LogP contribution in [-0.2, 0) is 6.54 Å². The molecule has 0 amide bonds. The van der Waals surface area contributed by atoms with Gasteiger partial charge in [-0.2, -0.15) is 0 Å². The molecule has 13 heavy (non-hydrogen) atoms. The third kappa shape index (κ3) is 2.32. The number of rotatable bonds is 3. The highest BCUT2D eigenvalue weighted by molar-refractivity contribution is 7.09. The number of hydrogen-bond donors (Lipinski definition) is 1. The van der Waals surface area contributed by atoms with E-state index in [-0.39, 0.29) is 0 Å². The van der Waals surface area contributed by atoms with E-state index in [0.29, 0.717) is 5.41 Å². The van der Waals surface area contributed by atoms with Crippen molar-refractivity contribution in [3.63, 3.8) is 0 Å². The van der Waals surface area contributed by atoms with Gasteiger partial charge in [0.2, 0.25) is 0 Å². The lowest BCUT2D eigenvalue weighted by Crippen LogP contribution is -2.45. The molecule has 0 aromatic carbocycles. The van der Waals surface area contributed by atoms with Crippen LogP contribution in [0.3, 0.4) is 0 Å². The molecule has 2 rings (SSSR count). The molecule has 1 aromatic heterocycles. The van der Waals surface area contributed by atoms with Gasteiger partial charge in [-0.25, -0.2) is 0 Å². The lowest BCUT2D eigenvalue weighted by atomic mass is 9.68. The molecule has 1 aliphatic rings. The van der Waals surface area contributed by atoms with E-state index in [1.165, 1.54) is 17.7 Å². The van der Waals surface area contributed by atoms with Crippen molar-refractivity contribution in [2.45, 2.75) is 39.3 Å². The van der Waals surface area contributed by atoms with Crippen molar-refractivity contribution in [1.29, 1.82) is 0 Å². The predicted molar refractivity (Wildman–Crippen MR) is 58.0 cm³/mol. The zero-order valence-electron chi connectivity index (χ0n) is 8.34. The molecule has 1 aliphatic carbocycles. The molecule has 0 bridgehead atoms. The molecular weight excluding hydrogens is 178 g/mol. The summed E-state index contributed by atoms with van der Waals surface area (Å²) in [5.74, 6) is 0. The van der Waals surface area contributed by atoms with Crippen molar-refractivity contribution in [3.05, 3.63) is 22.4 Å². The van der Waals surface area contributed by atoms with Crippen molar-refractivity contribution in [2.24, 2.45) is 5.41 Å². The third-order valence-electron chi connectivity index (χ3n) is 2.74. The Balaban J connectivity index is 1.71. The van der Waals surface area contributed by atoms with Gasteiger partial charge in [0.25, 0.3) is 0 Å². The zero-order valence-corrected chi connectivity index (χ0v) is 9.16. The van der Waals surface area contributed by atoms with Gasteiger partial charge in [-0.1, -0.05) is 19.9 Å². The van der Waals surface area contributed by atoms with E-state index in [4.69, 9.17) is 0 Å². The molecule has 1 aromatic rings. The second-order valence-corrected chi connectivity index (χ2v) is 5.76. The first-order valence-electron chi connectivity index (χ1n) is 4.91. The van der Waals surface area contributed by atoms with E-state index < -0.39 is 0 Å². The third-order valence-corrected chi connectivity index (χ3v) is 3.62. The molecule has 0 saturated heterocycles. The van der Waals surface area contributed by atoms with E-state index in [0.717, 1.165) is 12.6 Å². The summed E-state index contributed by atoms with van der Waals surface area (Å²) in [5, 5.41) is 5.73. The normalized spacial score (nSPS) is 21.4. The summed E-state index contributed by atoms with van der Waals surface area (Å²) in [4.78, 5) is 1.45. The molecular formula is C11H17NS. The second-order valence-electron chi connectivity index (χ2n) is 4.73. The highest BCUT2D eigenvalue weighted by Gasteiger charge is 2.35. The van der Waals surface area contributed by atoms with Gasteiger partial charge in [0.05, 0.1) is 0 Å². The minimum Gasteiger partial charge on any atom is -0.309 e. The molecule has 2 heteroatoms. The van der Waals surface area contributed by atoms with Crippen LogP contribution in [0.5, 0.6) is 0 Å². The fourth-order valence-electron chi connectivity index (χ4n) is 2.08. The molecule has 0 aliphatic heterocycles. The summed E-state index contributed by atoms with van der Waals surface area (Å²) >= 11 is 1.84. The van der Waals surface area contributed by atoms with E-state index in [2.05, 4.69) is 36.7 Å². The Bertz CT molecular complexity index is 256. The molecule has 1 nitrogen and oxygen atoms in total. The maximum atomic E-state index is 3.59. The maximum absolute atomic E-state index is 3.59. The zero-order chi connectivity index (χ0) is 9.31. The molecule has 72 valence electrons. The summed E-state index contributed by atoms with van der Waals surface area (Å²) in [6.45, 7) is 5.74. The topological polar surface area (TPSA) is 12.0 Å². The first kappa shape index (κ1) is 9.22. The van der Waals surface area contributed by atoms with Crippen LogP contribution in [0.1, 0.15) is 31.6 Å². The van der Waals surface area contributed by atoms with Gasteiger partial charge in [-0.05, 0) is 29.7 Å².